The number of hydrogen-bond acceptors (Lipinski definition) is 3. The maximum absolute atomic E-state index is 11.8. The summed E-state index contributed by atoms with van der Waals surface area (Å²) in [6, 6.07) is 5.82. The molecule has 1 amide bonds. The molecule has 1 N–H and O–H groups in total. The molecule has 110 valence electrons. The summed E-state index contributed by atoms with van der Waals surface area (Å²) in [5.41, 5.74) is 1.88. The fourth-order valence-corrected chi connectivity index (χ4v) is 2.46. The van der Waals surface area contributed by atoms with Crippen molar-refractivity contribution in [2.45, 2.75) is 32.3 Å². The van der Waals surface area contributed by atoms with Gasteiger partial charge in [-0.15, -0.1) is 0 Å². The molecule has 1 aliphatic heterocycles. The summed E-state index contributed by atoms with van der Waals surface area (Å²) in [4.78, 5) is 11.8. The van der Waals surface area contributed by atoms with Crippen LogP contribution < -0.4 is 5.32 Å². The molecule has 0 aliphatic carbocycles. The van der Waals surface area contributed by atoms with Crippen LogP contribution in [0.25, 0.3) is 0 Å². The standard InChI is InChI=1S/C15H20BrNO3/c1-11-4-5-12(16)9-14(11)17-15(18)6-8-19-10-13-3-2-7-20-13/h4-5,9,13H,2-3,6-8,10H2,1H3,(H,17,18). The minimum absolute atomic E-state index is 0.0291. The first-order valence-electron chi connectivity index (χ1n) is 6.90. The van der Waals surface area contributed by atoms with Crippen LogP contribution in [0.1, 0.15) is 24.8 Å². The number of halogens is 1. The molecule has 0 aromatic heterocycles. The van der Waals surface area contributed by atoms with E-state index in [2.05, 4.69) is 21.2 Å². The van der Waals surface area contributed by atoms with Crippen molar-refractivity contribution in [2.24, 2.45) is 0 Å². The van der Waals surface area contributed by atoms with Crippen molar-refractivity contribution in [2.75, 3.05) is 25.1 Å². The van der Waals surface area contributed by atoms with E-state index < -0.39 is 0 Å². The Hall–Kier alpha value is -0.910. The molecule has 1 aromatic rings. The van der Waals surface area contributed by atoms with Gasteiger partial charge in [0.2, 0.25) is 5.91 Å². The van der Waals surface area contributed by atoms with Gasteiger partial charge in [0.25, 0.3) is 0 Å². The number of aryl methyl sites for hydroxylation is 1. The Bertz CT molecular complexity index is 458. The van der Waals surface area contributed by atoms with Crippen LogP contribution in [-0.2, 0) is 14.3 Å². The Morgan fingerprint density at radius 1 is 1.55 bits per heavy atom. The van der Waals surface area contributed by atoms with Gasteiger partial charge in [-0.1, -0.05) is 22.0 Å². The normalized spacial score (nSPS) is 18.2. The number of rotatable bonds is 6. The van der Waals surface area contributed by atoms with E-state index in [0.29, 0.717) is 19.6 Å². The molecular formula is C15H20BrNO3. The molecule has 1 aliphatic rings. The highest BCUT2D eigenvalue weighted by molar-refractivity contribution is 9.10. The predicted octanol–water partition coefficient (Wildman–Crippen LogP) is 3.28. The van der Waals surface area contributed by atoms with Crippen LogP contribution in [-0.4, -0.2) is 31.8 Å². The highest BCUT2D eigenvalue weighted by Crippen LogP contribution is 2.20. The molecule has 1 heterocycles. The zero-order valence-electron chi connectivity index (χ0n) is 11.7. The summed E-state index contributed by atoms with van der Waals surface area (Å²) in [6.45, 7) is 3.81. The third kappa shape index (κ3) is 4.89. The minimum atomic E-state index is -0.0291. The topological polar surface area (TPSA) is 47.6 Å². The van der Waals surface area contributed by atoms with E-state index >= 15 is 0 Å². The first-order chi connectivity index (χ1) is 9.65. The van der Waals surface area contributed by atoms with Gasteiger partial charge < -0.3 is 14.8 Å². The number of hydrogen-bond donors (Lipinski definition) is 1. The van der Waals surface area contributed by atoms with E-state index in [9.17, 15) is 4.79 Å². The molecule has 0 radical (unpaired) electrons. The van der Waals surface area contributed by atoms with Gasteiger partial charge in [0, 0.05) is 16.8 Å². The lowest BCUT2D eigenvalue weighted by Gasteiger charge is -2.11. The third-order valence-electron chi connectivity index (χ3n) is 3.27. The summed E-state index contributed by atoms with van der Waals surface area (Å²) in [7, 11) is 0. The van der Waals surface area contributed by atoms with Gasteiger partial charge in [-0.3, -0.25) is 4.79 Å². The van der Waals surface area contributed by atoms with E-state index in [1.54, 1.807) is 0 Å². The van der Waals surface area contributed by atoms with Crippen LogP contribution in [0.2, 0.25) is 0 Å². The van der Waals surface area contributed by atoms with E-state index in [1.807, 2.05) is 25.1 Å². The molecular weight excluding hydrogens is 322 g/mol. The number of ether oxygens (including phenoxy) is 2. The lowest BCUT2D eigenvalue weighted by atomic mass is 10.2. The van der Waals surface area contributed by atoms with E-state index in [-0.39, 0.29) is 12.0 Å². The number of anilines is 1. The van der Waals surface area contributed by atoms with Gasteiger partial charge in [-0.2, -0.15) is 0 Å². The van der Waals surface area contributed by atoms with Crippen LogP contribution in [0, 0.1) is 6.92 Å². The lowest BCUT2D eigenvalue weighted by Crippen LogP contribution is -2.18. The van der Waals surface area contributed by atoms with Crippen molar-refractivity contribution in [3.8, 4) is 0 Å². The second-order valence-corrected chi connectivity index (χ2v) is 5.88. The largest absolute Gasteiger partial charge is 0.378 e. The van der Waals surface area contributed by atoms with Gasteiger partial charge in [0.15, 0.2) is 0 Å². The summed E-state index contributed by atoms with van der Waals surface area (Å²) in [5.74, 6) is -0.0291. The quantitative estimate of drug-likeness (QED) is 0.807. The van der Waals surface area contributed by atoms with Crippen molar-refractivity contribution in [1.82, 2.24) is 0 Å². The van der Waals surface area contributed by atoms with Crippen molar-refractivity contribution >= 4 is 27.5 Å². The van der Waals surface area contributed by atoms with Gasteiger partial charge in [0.1, 0.15) is 0 Å². The molecule has 5 heteroatoms. The van der Waals surface area contributed by atoms with Gasteiger partial charge in [0.05, 0.1) is 25.7 Å². The molecule has 0 saturated carbocycles. The van der Waals surface area contributed by atoms with Crippen molar-refractivity contribution in [1.29, 1.82) is 0 Å². The average Bonchev–Trinajstić information content (AvgIpc) is 2.92. The molecule has 4 nitrogen and oxygen atoms in total. The summed E-state index contributed by atoms with van der Waals surface area (Å²) >= 11 is 3.40. The zero-order valence-corrected chi connectivity index (χ0v) is 13.2. The Balaban J connectivity index is 1.68. The predicted molar refractivity (Wildman–Crippen MR) is 81.9 cm³/mol. The molecule has 0 spiro atoms. The van der Waals surface area contributed by atoms with E-state index in [1.165, 1.54) is 0 Å². The highest BCUT2D eigenvalue weighted by Gasteiger charge is 2.15. The molecule has 1 saturated heterocycles. The molecule has 1 unspecified atom stereocenters. The monoisotopic (exact) mass is 341 g/mol. The van der Waals surface area contributed by atoms with Gasteiger partial charge >= 0.3 is 0 Å². The lowest BCUT2D eigenvalue weighted by molar-refractivity contribution is -0.117. The van der Waals surface area contributed by atoms with E-state index in [0.717, 1.165) is 35.2 Å². The smallest absolute Gasteiger partial charge is 0.226 e. The maximum Gasteiger partial charge on any atom is 0.226 e. The Morgan fingerprint density at radius 3 is 3.15 bits per heavy atom. The number of amides is 1. The molecule has 1 fully saturated rings. The van der Waals surface area contributed by atoms with Gasteiger partial charge in [-0.05, 0) is 37.5 Å². The number of carbonyl (C=O) groups excluding carboxylic acids is 1. The molecule has 2 rings (SSSR count). The van der Waals surface area contributed by atoms with E-state index in [4.69, 9.17) is 9.47 Å². The van der Waals surface area contributed by atoms with Gasteiger partial charge in [-0.25, -0.2) is 0 Å². The van der Waals surface area contributed by atoms with Crippen molar-refractivity contribution in [3.05, 3.63) is 28.2 Å². The minimum Gasteiger partial charge on any atom is -0.378 e. The summed E-state index contributed by atoms with van der Waals surface area (Å²) in [5, 5.41) is 2.90. The first-order valence-corrected chi connectivity index (χ1v) is 7.70. The molecule has 1 aromatic carbocycles. The van der Waals surface area contributed by atoms with Crippen LogP contribution >= 0.6 is 15.9 Å². The SMILES string of the molecule is Cc1ccc(Br)cc1NC(=O)CCOCC1CCCO1. The number of carbonyl (C=O) groups is 1. The summed E-state index contributed by atoms with van der Waals surface area (Å²) < 4.78 is 11.9. The second-order valence-electron chi connectivity index (χ2n) is 4.97. The fraction of sp³-hybridized carbons (Fsp3) is 0.533. The van der Waals surface area contributed by atoms with Crippen molar-refractivity contribution in [3.63, 3.8) is 0 Å². The third-order valence-corrected chi connectivity index (χ3v) is 3.77. The molecule has 20 heavy (non-hydrogen) atoms. The van der Waals surface area contributed by atoms with Crippen LogP contribution in [0.5, 0.6) is 0 Å². The Kier molecular flexibility index (Phi) is 6.01. The van der Waals surface area contributed by atoms with Crippen molar-refractivity contribution < 1.29 is 14.3 Å². The fourth-order valence-electron chi connectivity index (χ4n) is 2.10. The summed E-state index contributed by atoms with van der Waals surface area (Å²) in [6.07, 6.45) is 2.74. The van der Waals surface area contributed by atoms with Crippen LogP contribution in [0.3, 0.4) is 0 Å². The molecule has 0 bridgehead atoms. The number of benzene rings is 1. The maximum atomic E-state index is 11.8. The highest BCUT2D eigenvalue weighted by atomic mass is 79.9. The Morgan fingerprint density at radius 2 is 2.40 bits per heavy atom. The zero-order chi connectivity index (χ0) is 14.4. The van der Waals surface area contributed by atoms with Crippen LogP contribution in [0.15, 0.2) is 22.7 Å². The molecule has 1 atom stereocenters. The average molecular weight is 342 g/mol. The first kappa shape index (κ1) is 15.5. The Labute approximate surface area is 128 Å². The number of nitrogens with one attached hydrogen (secondary N) is 1. The second kappa shape index (κ2) is 7.76. The van der Waals surface area contributed by atoms with Crippen LogP contribution in [0.4, 0.5) is 5.69 Å².